The number of aliphatic hydroxyl groups excluding tert-OH is 1. The lowest BCUT2D eigenvalue weighted by molar-refractivity contribution is -0.148. The van der Waals surface area contributed by atoms with E-state index in [0.29, 0.717) is 6.42 Å². The summed E-state index contributed by atoms with van der Waals surface area (Å²) in [7, 11) is 1.56. The second-order valence-electron chi connectivity index (χ2n) is 2.95. The van der Waals surface area contributed by atoms with Crippen LogP contribution in [0.3, 0.4) is 0 Å². The van der Waals surface area contributed by atoms with Crippen LogP contribution >= 0.6 is 0 Å². The molecule has 1 heterocycles. The first-order valence-electron chi connectivity index (χ1n) is 4.14. The van der Waals surface area contributed by atoms with Crippen molar-refractivity contribution in [2.45, 2.75) is 44.7 Å². The van der Waals surface area contributed by atoms with E-state index < -0.39 is 12.4 Å². The van der Waals surface area contributed by atoms with Crippen molar-refractivity contribution in [1.29, 1.82) is 0 Å². The molecule has 0 saturated carbocycles. The average Bonchev–Trinajstić information content (AvgIpc) is 2.32. The van der Waals surface area contributed by atoms with Gasteiger partial charge in [-0.2, -0.15) is 0 Å². The van der Waals surface area contributed by atoms with E-state index in [1.165, 1.54) is 0 Å². The summed E-state index contributed by atoms with van der Waals surface area (Å²) >= 11 is 0. The quantitative estimate of drug-likeness (QED) is 0.667. The van der Waals surface area contributed by atoms with Gasteiger partial charge >= 0.3 is 0 Å². The molecule has 0 radical (unpaired) electrons. The molecule has 1 fully saturated rings. The Bertz CT molecular complexity index is 116. The van der Waals surface area contributed by atoms with Crippen LogP contribution < -0.4 is 0 Å². The average molecular weight is 160 g/mol. The van der Waals surface area contributed by atoms with Crippen LogP contribution in [-0.4, -0.2) is 30.7 Å². The Balaban J connectivity index is 2.30. The van der Waals surface area contributed by atoms with Gasteiger partial charge in [-0.15, -0.1) is 0 Å². The SMILES string of the molecule is CCCC1CC(O)C(OC)O1. The Morgan fingerprint density at radius 3 is 2.82 bits per heavy atom. The molecule has 0 bridgehead atoms. The Hall–Kier alpha value is -0.120. The third kappa shape index (κ3) is 2.15. The minimum Gasteiger partial charge on any atom is -0.388 e. The third-order valence-corrected chi connectivity index (χ3v) is 1.99. The van der Waals surface area contributed by atoms with Crippen molar-refractivity contribution < 1.29 is 14.6 Å². The molecule has 0 aliphatic carbocycles. The highest BCUT2D eigenvalue weighted by Crippen LogP contribution is 2.23. The van der Waals surface area contributed by atoms with Crippen molar-refractivity contribution in [2.24, 2.45) is 0 Å². The largest absolute Gasteiger partial charge is 0.388 e. The van der Waals surface area contributed by atoms with Gasteiger partial charge in [0.05, 0.1) is 6.10 Å². The van der Waals surface area contributed by atoms with Gasteiger partial charge in [0, 0.05) is 13.5 Å². The molecule has 0 spiro atoms. The van der Waals surface area contributed by atoms with Crippen LogP contribution in [0.1, 0.15) is 26.2 Å². The first-order valence-corrected chi connectivity index (χ1v) is 4.14. The van der Waals surface area contributed by atoms with Crippen molar-refractivity contribution >= 4 is 0 Å². The summed E-state index contributed by atoms with van der Waals surface area (Å²) in [6, 6.07) is 0. The Morgan fingerprint density at radius 2 is 2.36 bits per heavy atom. The van der Waals surface area contributed by atoms with Gasteiger partial charge in [-0.3, -0.25) is 0 Å². The highest BCUT2D eigenvalue weighted by molar-refractivity contribution is 4.75. The Morgan fingerprint density at radius 1 is 1.64 bits per heavy atom. The molecular formula is C8H16O3. The second-order valence-corrected chi connectivity index (χ2v) is 2.95. The second kappa shape index (κ2) is 4.04. The maximum Gasteiger partial charge on any atom is 0.183 e. The van der Waals surface area contributed by atoms with E-state index >= 15 is 0 Å². The molecule has 3 heteroatoms. The van der Waals surface area contributed by atoms with Crippen LogP contribution in [0.4, 0.5) is 0 Å². The Labute approximate surface area is 67.3 Å². The highest BCUT2D eigenvalue weighted by Gasteiger charge is 2.32. The lowest BCUT2D eigenvalue weighted by Gasteiger charge is -2.11. The molecule has 1 aliphatic rings. The summed E-state index contributed by atoms with van der Waals surface area (Å²) in [6.07, 6.45) is 2.18. The van der Waals surface area contributed by atoms with Crippen molar-refractivity contribution in [3.8, 4) is 0 Å². The number of aliphatic hydroxyl groups is 1. The number of hydrogen-bond donors (Lipinski definition) is 1. The molecule has 0 aromatic carbocycles. The minimum atomic E-state index is -0.434. The molecule has 0 aromatic rings. The van der Waals surface area contributed by atoms with Crippen LogP contribution in [0.15, 0.2) is 0 Å². The fraction of sp³-hybridized carbons (Fsp3) is 1.00. The van der Waals surface area contributed by atoms with E-state index in [2.05, 4.69) is 6.92 Å². The summed E-state index contributed by atoms with van der Waals surface area (Å²) in [5, 5.41) is 9.34. The van der Waals surface area contributed by atoms with Crippen molar-refractivity contribution in [2.75, 3.05) is 7.11 Å². The van der Waals surface area contributed by atoms with Crippen LogP contribution in [0.25, 0.3) is 0 Å². The molecule has 3 atom stereocenters. The van der Waals surface area contributed by atoms with Crippen molar-refractivity contribution in [3.05, 3.63) is 0 Å². The van der Waals surface area contributed by atoms with Gasteiger partial charge in [0.1, 0.15) is 6.10 Å². The predicted molar refractivity (Wildman–Crippen MR) is 41.2 cm³/mol. The third-order valence-electron chi connectivity index (χ3n) is 1.99. The molecular weight excluding hydrogens is 144 g/mol. The summed E-state index contributed by atoms with van der Waals surface area (Å²) in [6.45, 7) is 2.11. The van der Waals surface area contributed by atoms with Gasteiger partial charge in [0.15, 0.2) is 6.29 Å². The molecule has 11 heavy (non-hydrogen) atoms. The lowest BCUT2D eigenvalue weighted by Crippen LogP contribution is -2.22. The zero-order valence-corrected chi connectivity index (χ0v) is 7.12. The molecule has 0 aromatic heterocycles. The van der Waals surface area contributed by atoms with E-state index in [1.807, 2.05) is 0 Å². The maximum absolute atomic E-state index is 9.34. The number of methoxy groups -OCH3 is 1. The molecule has 3 nitrogen and oxygen atoms in total. The topological polar surface area (TPSA) is 38.7 Å². The normalized spacial score (nSPS) is 37.9. The predicted octanol–water partition coefficient (Wildman–Crippen LogP) is 0.909. The first-order chi connectivity index (χ1) is 5.27. The van der Waals surface area contributed by atoms with Crippen LogP contribution in [-0.2, 0) is 9.47 Å². The monoisotopic (exact) mass is 160 g/mol. The number of hydrogen-bond acceptors (Lipinski definition) is 3. The zero-order valence-electron chi connectivity index (χ0n) is 7.12. The van der Waals surface area contributed by atoms with Crippen LogP contribution in [0.5, 0.6) is 0 Å². The molecule has 1 aliphatic heterocycles. The smallest absolute Gasteiger partial charge is 0.183 e. The minimum absolute atomic E-state index is 0.194. The van der Waals surface area contributed by atoms with Gasteiger partial charge in [-0.25, -0.2) is 0 Å². The zero-order chi connectivity index (χ0) is 8.27. The standard InChI is InChI=1S/C8H16O3/c1-3-4-6-5-7(9)8(10-2)11-6/h6-9H,3-5H2,1-2H3. The van der Waals surface area contributed by atoms with Gasteiger partial charge in [-0.1, -0.05) is 13.3 Å². The molecule has 1 saturated heterocycles. The Kier molecular flexibility index (Phi) is 3.30. The molecule has 66 valence electrons. The number of rotatable bonds is 3. The molecule has 1 N–H and O–H groups in total. The van der Waals surface area contributed by atoms with E-state index in [-0.39, 0.29) is 6.10 Å². The summed E-state index contributed by atoms with van der Waals surface area (Å²) in [4.78, 5) is 0. The molecule has 0 amide bonds. The molecule has 3 unspecified atom stereocenters. The van der Waals surface area contributed by atoms with Crippen LogP contribution in [0, 0.1) is 0 Å². The van der Waals surface area contributed by atoms with Gasteiger partial charge in [-0.05, 0) is 6.42 Å². The van der Waals surface area contributed by atoms with Crippen molar-refractivity contribution in [3.63, 3.8) is 0 Å². The van der Waals surface area contributed by atoms with E-state index in [4.69, 9.17) is 9.47 Å². The lowest BCUT2D eigenvalue weighted by atomic mass is 10.1. The van der Waals surface area contributed by atoms with E-state index in [9.17, 15) is 5.11 Å². The summed E-state index contributed by atoms with van der Waals surface area (Å²) in [5.41, 5.74) is 0. The van der Waals surface area contributed by atoms with Gasteiger partial charge < -0.3 is 14.6 Å². The van der Waals surface area contributed by atoms with Gasteiger partial charge in [0.25, 0.3) is 0 Å². The van der Waals surface area contributed by atoms with Crippen LogP contribution in [0.2, 0.25) is 0 Å². The van der Waals surface area contributed by atoms with E-state index in [0.717, 1.165) is 12.8 Å². The summed E-state index contributed by atoms with van der Waals surface area (Å²) < 4.78 is 10.3. The van der Waals surface area contributed by atoms with E-state index in [1.54, 1.807) is 7.11 Å². The number of ether oxygens (including phenoxy) is 2. The molecule has 1 rings (SSSR count). The first kappa shape index (κ1) is 8.97. The van der Waals surface area contributed by atoms with Gasteiger partial charge in [0.2, 0.25) is 0 Å². The fourth-order valence-electron chi connectivity index (χ4n) is 1.44. The van der Waals surface area contributed by atoms with Crippen molar-refractivity contribution in [1.82, 2.24) is 0 Å². The summed E-state index contributed by atoms with van der Waals surface area (Å²) in [5.74, 6) is 0. The highest BCUT2D eigenvalue weighted by atomic mass is 16.7. The maximum atomic E-state index is 9.34. The fourth-order valence-corrected chi connectivity index (χ4v) is 1.44.